The Morgan fingerprint density at radius 3 is 2.10 bits per heavy atom. The third-order valence-electron chi connectivity index (χ3n) is 6.73. The van der Waals surface area contributed by atoms with E-state index in [-0.39, 0.29) is 6.04 Å². The first-order chi connectivity index (χ1) is 15.3. The van der Waals surface area contributed by atoms with E-state index < -0.39 is 0 Å². The lowest BCUT2D eigenvalue weighted by molar-refractivity contribution is -0.136. The Kier molecular flexibility index (Phi) is 8.14. The van der Waals surface area contributed by atoms with Crippen molar-refractivity contribution in [2.24, 2.45) is 0 Å². The van der Waals surface area contributed by atoms with E-state index >= 15 is 0 Å². The Balaban J connectivity index is 1.29. The minimum absolute atomic E-state index is 0.156. The van der Waals surface area contributed by atoms with Crippen LogP contribution in [-0.2, 0) is 17.9 Å². The number of carbonyl (C=O) groups excluding carboxylic acids is 1. The summed E-state index contributed by atoms with van der Waals surface area (Å²) in [5.74, 6) is 0.391. The van der Waals surface area contributed by atoms with Crippen LogP contribution in [0.2, 0.25) is 0 Å². The van der Waals surface area contributed by atoms with Crippen molar-refractivity contribution in [1.82, 2.24) is 14.7 Å². The second-order valence-corrected chi connectivity index (χ2v) is 9.12. The summed E-state index contributed by atoms with van der Waals surface area (Å²) in [4.78, 5) is 20.2. The third kappa shape index (κ3) is 6.41. The van der Waals surface area contributed by atoms with Crippen LogP contribution in [0, 0.1) is 0 Å². The SMILES string of the molecule is O=C1C2CCCCN2CCCN1CCCCN(Cc1ccccc1)Cc1ccccc1. The molecule has 31 heavy (non-hydrogen) atoms. The van der Waals surface area contributed by atoms with Crippen LogP contribution in [0.3, 0.4) is 0 Å². The molecule has 2 aliphatic rings. The van der Waals surface area contributed by atoms with E-state index in [0.717, 1.165) is 71.5 Å². The summed E-state index contributed by atoms with van der Waals surface area (Å²) >= 11 is 0. The van der Waals surface area contributed by atoms with Crippen LogP contribution in [0.15, 0.2) is 60.7 Å². The fourth-order valence-electron chi connectivity index (χ4n) is 5.08. The minimum atomic E-state index is 0.156. The van der Waals surface area contributed by atoms with E-state index in [2.05, 4.69) is 75.4 Å². The molecule has 0 N–H and O–H groups in total. The molecule has 1 atom stereocenters. The maximum absolute atomic E-state index is 13.1. The van der Waals surface area contributed by atoms with Gasteiger partial charge in [-0.1, -0.05) is 67.1 Å². The fraction of sp³-hybridized carbons (Fsp3) is 0.519. The minimum Gasteiger partial charge on any atom is -0.341 e. The van der Waals surface area contributed by atoms with Crippen LogP contribution in [0.1, 0.15) is 49.7 Å². The van der Waals surface area contributed by atoms with E-state index in [0.29, 0.717) is 5.91 Å². The second-order valence-electron chi connectivity index (χ2n) is 9.12. The monoisotopic (exact) mass is 419 g/mol. The summed E-state index contributed by atoms with van der Waals surface area (Å²) in [6.45, 7) is 7.04. The number of hydrogen-bond acceptors (Lipinski definition) is 3. The molecular formula is C27H37N3O. The molecule has 166 valence electrons. The summed E-state index contributed by atoms with van der Waals surface area (Å²) < 4.78 is 0. The van der Waals surface area contributed by atoms with Crippen LogP contribution in [0.25, 0.3) is 0 Å². The van der Waals surface area contributed by atoms with Gasteiger partial charge in [-0.2, -0.15) is 0 Å². The molecule has 0 radical (unpaired) electrons. The Morgan fingerprint density at radius 2 is 1.42 bits per heavy atom. The van der Waals surface area contributed by atoms with Gasteiger partial charge in [-0.05, 0) is 56.3 Å². The van der Waals surface area contributed by atoms with Crippen molar-refractivity contribution in [3.63, 3.8) is 0 Å². The number of piperidine rings is 1. The van der Waals surface area contributed by atoms with Crippen molar-refractivity contribution in [2.45, 2.75) is 57.7 Å². The quantitative estimate of drug-likeness (QED) is 0.558. The molecule has 2 aliphatic heterocycles. The Hall–Kier alpha value is -2.17. The molecule has 1 unspecified atom stereocenters. The molecule has 0 saturated carbocycles. The van der Waals surface area contributed by atoms with Gasteiger partial charge >= 0.3 is 0 Å². The molecule has 2 fully saturated rings. The van der Waals surface area contributed by atoms with Crippen molar-refractivity contribution in [1.29, 1.82) is 0 Å². The molecule has 0 spiro atoms. The van der Waals surface area contributed by atoms with E-state index in [1.54, 1.807) is 0 Å². The van der Waals surface area contributed by atoms with Crippen molar-refractivity contribution in [3.8, 4) is 0 Å². The molecule has 4 nitrogen and oxygen atoms in total. The van der Waals surface area contributed by atoms with Crippen molar-refractivity contribution >= 4 is 5.91 Å². The molecule has 4 heteroatoms. The first kappa shape index (κ1) is 22.0. The summed E-state index contributed by atoms with van der Waals surface area (Å²) in [6.07, 6.45) is 6.83. The molecule has 2 saturated heterocycles. The highest BCUT2D eigenvalue weighted by molar-refractivity contribution is 5.82. The van der Waals surface area contributed by atoms with Crippen LogP contribution < -0.4 is 0 Å². The van der Waals surface area contributed by atoms with Gasteiger partial charge in [-0.15, -0.1) is 0 Å². The van der Waals surface area contributed by atoms with Gasteiger partial charge in [-0.3, -0.25) is 14.6 Å². The van der Waals surface area contributed by atoms with Crippen molar-refractivity contribution in [2.75, 3.05) is 32.7 Å². The summed E-state index contributed by atoms with van der Waals surface area (Å²) in [5.41, 5.74) is 2.72. The Bertz CT molecular complexity index is 753. The lowest BCUT2D eigenvalue weighted by Crippen LogP contribution is -2.48. The summed E-state index contributed by atoms with van der Waals surface area (Å²) in [5, 5.41) is 0. The number of benzene rings is 2. The first-order valence-corrected chi connectivity index (χ1v) is 12.1. The highest BCUT2D eigenvalue weighted by atomic mass is 16.2. The number of fused-ring (bicyclic) bond motifs is 1. The van der Waals surface area contributed by atoms with Gasteiger partial charge in [0, 0.05) is 32.7 Å². The first-order valence-electron chi connectivity index (χ1n) is 12.1. The summed E-state index contributed by atoms with van der Waals surface area (Å²) in [6, 6.07) is 21.6. The lowest BCUT2D eigenvalue weighted by atomic mass is 10.0. The van der Waals surface area contributed by atoms with E-state index in [1.165, 1.54) is 24.0 Å². The van der Waals surface area contributed by atoms with Crippen molar-refractivity contribution in [3.05, 3.63) is 71.8 Å². The number of amides is 1. The number of carbonyl (C=O) groups is 1. The van der Waals surface area contributed by atoms with Gasteiger partial charge in [0.2, 0.25) is 5.91 Å². The zero-order valence-electron chi connectivity index (χ0n) is 18.8. The number of unbranched alkanes of at least 4 members (excludes halogenated alkanes) is 1. The summed E-state index contributed by atoms with van der Waals surface area (Å²) in [7, 11) is 0. The topological polar surface area (TPSA) is 26.8 Å². The van der Waals surface area contributed by atoms with E-state index in [1.807, 2.05) is 0 Å². The highest BCUT2D eigenvalue weighted by Gasteiger charge is 2.33. The standard InChI is InChI=1S/C27H37N3O/c31-27-26-16-7-8-18-29(26)20-11-21-30(27)19-10-9-17-28(22-24-12-3-1-4-13-24)23-25-14-5-2-6-15-25/h1-6,12-15,26H,7-11,16-23H2. The van der Waals surface area contributed by atoms with Gasteiger partial charge in [0.25, 0.3) is 0 Å². The van der Waals surface area contributed by atoms with Gasteiger partial charge in [0.15, 0.2) is 0 Å². The average molecular weight is 420 g/mol. The largest absolute Gasteiger partial charge is 0.341 e. The molecule has 0 bridgehead atoms. The average Bonchev–Trinajstić information content (AvgIpc) is 2.97. The van der Waals surface area contributed by atoms with Gasteiger partial charge in [0.1, 0.15) is 0 Å². The molecule has 0 aliphatic carbocycles. The zero-order valence-corrected chi connectivity index (χ0v) is 18.8. The number of hydrogen-bond donors (Lipinski definition) is 0. The zero-order chi connectivity index (χ0) is 21.3. The fourth-order valence-corrected chi connectivity index (χ4v) is 5.08. The Labute approximate surface area is 187 Å². The third-order valence-corrected chi connectivity index (χ3v) is 6.73. The maximum Gasteiger partial charge on any atom is 0.239 e. The Morgan fingerprint density at radius 1 is 0.774 bits per heavy atom. The normalized spacial score (nSPS) is 20.0. The van der Waals surface area contributed by atoms with Crippen molar-refractivity contribution < 1.29 is 4.79 Å². The molecule has 2 aromatic carbocycles. The van der Waals surface area contributed by atoms with Gasteiger partial charge in [-0.25, -0.2) is 0 Å². The maximum atomic E-state index is 13.1. The lowest BCUT2D eigenvalue weighted by Gasteiger charge is -2.34. The smallest absolute Gasteiger partial charge is 0.239 e. The molecule has 1 amide bonds. The predicted octanol–water partition coefficient (Wildman–Crippen LogP) is 4.56. The van der Waals surface area contributed by atoms with Gasteiger partial charge < -0.3 is 4.90 Å². The van der Waals surface area contributed by atoms with Gasteiger partial charge in [0.05, 0.1) is 6.04 Å². The van der Waals surface area contributed by atoms with Crippen LogP contribution >= 0.6 is 0 Å². The molecule has 2 aromatic rings. The predicted molar refractivity (Wildman–Crippen MR) is 127 cm³/mol. The van der Waals surface area contributed by atoms with Crippen LogP contribution in [0.5, 0.6) is 0 Å². The highest BCUT2D eigenvalue weighted by Crippen LogP contribution is 2.22. The second kappa shape index (κ2) is 11.4. The van der Waals surface area contributed by atoms with Crippen LogP contribution in [-0.4, -0.2) is 59.4 Å². The van der Waals surface area contributed by atoms with Crippen LogP contribution in [0.4, 0.5) is 0 Å². The number of rotatable bonds is 9. The van der Waals surface area contributed by atoms with E-state index in [9.17, 15) is 4.79 Å². The van der Waals surface area contributed by atoms with E-state index in [4.69, 9.17) is 0 Å². The number of nitrogens with zero attached hydrogens (tertiary/aromatic N) is 3. The molecular weight excluding hydrogens is 382 g/mol. The molecule has 4 rings (SSSR count). The molecule has 2 heterocycles. The molecule has 0 aromatic heterocycles.